The number of aromatic nitrogens is 4. The Kier molecular flexibility index (Phi) is 7.20. The third kappa shape index (κ3) is 5.02. The van der Waals surface area contributed by atoms with E-state index in [1.54, 1.807) is 0 Å². The molecule has 0 aliphatic heterocycles. The van der Waals surface area contributed by atoms with Gasteiger partial charge < -0.3 is 9.13 Å². The molecule has 0 aliphatic rings. The van der Waals surface area contributed by atoms with Crippen LogP contribution in [0.25, 0.3) is 110 Å². The highest BCUT2D eigenvalue weighted by atomic mass is 15.0. The predicted octanol–water partition coefficient (Wildman–Crippen LogP) is 14.0. The molecule has 4 heteroatoms. The fourth-order valence-corrected chi connectivity index (χ4v) is 9.04. The van der Waals surface area contributed by atoms with E-state index in [-0.39, 0.29) is 0 Å². The van der Waals surface area contributed by atoms with Crippen molar-refractivity contribution in [2.75, 3.05) is 0 Å². The van der Waals surface area contributed by atoms with Crippen LogP contribution in [0.15, 0.2) is 206 Å². The van der Waals surface area contributed by atoms with Gasteiger partial charge in [0.2, 0.25) is 0 Å². The Labute approximate surface area is 334 Å². The van der Waals surface area contributed by atoms with Crippen LogP contribution in [0.3, 0.4) is 0 Å². The van der Waals surface area contributed by atoms with Crippen molar-refractivity contribution in [3.05, 3.63) is 206 Å². The summed E-state index contributed by atoms with van der Waals surface area (Å²) in [5.41, 5.74) is 11.8. The molecule has 58 heavy (non-hydrogen) atoms. The van der Waals surface area contributed by atoms with E-state index in [4.69, 9.17) is 9.97 Å². The van der Waals surface area contributed by atoms with Crippen LogP contribution in [-0.4, -0.2) is 19.1 Å². The number of rotatable bonds is 5. The molecule has 3 heterocycles. The fraction of sp³-hybridized carbons (Fsp3) is 0. The van der Waals surface area contributed by atoms with Crippen molar-refractivity contribution in [1.29, 1.82) is 0 Å². The summed E-state index contributed by atoms with van der Waals surface area (Å²) in [4.78, 5) is 10.4. The van der Waals surface area contributed by atoms with E-state index in [2.05, 4.69) is 191 Å². The molecule has 0 fully saturated rings. The quantitative estimate of drug-likeness (QED) is 0.176. The summed E-state index contributed by atoms with van der Waals surface area (Å²) in [5, 5.41) is 9.69. The van der Waals surface area contributed by atoms with Gasteiger partial charge >= 0.3 is 0 Å². The van der Waals surface area contributed by atoms with Crippen LogP contribution in [0.2, 0.25) is 0 Å². The first kappa shape index (κ1) is 32.4. The Morgan fingerprint density at radius 3 is 1.71 bits per heavy atom. The van der Waals surface area contributed by atoms with Crippen LogP contribution in [0.4, 0.5) is 0 Å². The minimum Gasteiger partial charge on any atom is -0.309 e. The van der Waals surface area contributed by atoms with Crippen molar-refractivity contribution < 1.29 is 0 Å². The van der Waals surface area contributed by atoms with E-state index in [0.29, 0.717) is 5.82 Å². The summed E-state index contributed by atoms with van der Waals surface area (Å²) in [6.07, 6.45) is 0. The van der Waals surface area contributed by atoms with E-state index in [9.17, 15) is 0 Å². The third-order valence-corrected chi connectivity index (χ3v) is 11.7. The second-order valence-corrected chi connectivity index (χ2v) is 15.0. The minimum atomic E-state index is 0.701. The average molecular weight is 739 g/mol. The van der Waals surface area contributed by atoms with Crippen LogP contribution in [0, 0.1) is 0 Å². The van der Waals surface area contributed by atoms with Gasteiger partial charge in [-0.15, -0.1) is 0 Å². The lowest BCUT2D eigenvalue weighted by Crippen LogP contribution is -1.99. The van der Waals surface area contributed by atoms with Gasteiger partial charge in [-0.1, -0.05) is 158 Å². The normalized spacial score (nSPS) is 11.8. The van der Waals surface area contributed by atoms with E-state index in [1.807, 2.05) is 24.3 Å². The first-order chi connectivity index (χ1) is 28.8. The minimum absolute atomic E-state index is 0.701. The van der Waals surface area contributed by atoms with Gasteiger partial charge in [-0.2, -0.15) is 0 Å². The molecule has 0 bridgehead atoms. The van der Waals surface area contributed by atoms with Crippen molar-refractivity contribution in [2.45, 2.75) is 0 Å². The highest BCUT2D eigenvalue weighted by Crippen LogP contribution is 2.44. The molecule has 0 unspecified atom stereocenters. The average Bonchev–Trinajstić information content (AvgIpc) is 3.82. The summed E-state index contributed by atoms with van der Waals surface area (Å²) in [7, 11) is 0. The van der Waals surface area contributed by atoms with Crippen molar-refractivity contribution in [3.63, 3.8) is 0 Å². The Morgan fingerprint density at radius 1 is 0.328 bits per heavy atom. The van der Waals surface area contributed by atoms with Crippen LogP contribution in [0.5, 0.6) is 0 Å². The molecule has 0 amide bonds. The molecule has 0 saturated carbocycles. The Morgan fingerprint density at radius 2 is 0.931 bits per heavy atom. The molecule has 270 valence electrons. The fourth-order valence-electron chi connectivity index (χ4n) is 9.04. The molecule has 0 N–H and O–H groups in total. The molecule has 0 spiro atoms. The zero-order valence-electron chi connectivity index (χ0n) is 31.4. The molecule has 0 radical (unpaired) electrons. The van der Waals surface area contributed by atoms with Crippen LogP contribution < -0.4 is 0 Å². The van der Waals surface area contributed by atoms with E-state index in [1.165, 1.54) is 48.7 Å². The van der Waals surface area contributed by atoms with Gasteiger partial charge in [-0.25, -0.2) is 9.97 Å². The van der Waals surface area contributed by atoms with Crippen molar-refractivity contribution in [2.24, 2.45) is 0 Å². The third-order valence-electron chi connectivity index (χ3n) is 11.7. The molecule has 12 aromatic rings. The van der Waals surface area contributed by atoms with Gasteiger partial charge in [0.15, 0.2) is 5.82 Å². The molecule has 4 nitrogen and oxygen atoms in total. The highest BCUT2D eigenvalue weighted by Gasteiger charge is 2.22. The number of para-hydroxylation sites is 2. The second-order valence-electron chi connectivity index (χ2n) is 15.0. The highest BCUT2D eigenvalue weighted by molar-refractivity contribution is 6.26. The zero-order chi connectivity index (χ0) is 38.2. The lowest BCUT2D eigenvalue weighted by Gasteiger charge is -2.15. The van der Waals surface area contributed by atoms with Gasteiger partial charge in [-0.3, -0.25) is 0 Å². The number of hydrogen-bond acceptors (Lipinski definition) is 2. The van der Waals surface area contributed by atoms with E-state index >= 15 is 0 Å². The molecule has 12 rings (SSSR count). The number of nitrogens with zero attached hydrogens (tertiary/aromatic N) is 4. The lowest BCUT2D eigenvalue weighted by atomic mass is 10.0. The summed E-state index contributed by atoms with van der Waals surface area (Å²) in [6.45, 7) is 0. The Bertz CT molecular complexity index is 3500. The molecule has 9 aromatic carbocycles. The second kappa shape index (κ2) is 12.9. The monoisotopic (exact) mass is 738 g/mol. The maximum Gasteiger partial charge on any atom is 0.160 e. The molecule has 3 aromatic heterocycles. The maximum atomic E-state index is 5.26. The van der Waals surface area contributed by atoms with Crippen molar-refractivity contribution in [1.82, 2.24) is 19.1 Å². The Hall–Kier alpha value is -7.82. The van der Waals surface area contributed by atoms with E-state index < -0.39 is 0 Å². The van der Waals surface area contributed by atoms with Crippen LogP contribution in [0.1, 0.15) is 0 Å². The summed E-state index contributed by atoms with van der Waals surface area (Å²) >= 11 is 0. The number of hydrogen-bond donors (Lipinski definition) is 0. The van der Waals surface area contributed by atoms with Gasteiger partial charge in [-0.05, 0) is 64.7 Å². The van der Waals surface area contributed by atoms with Gasteiger partial charge in [0.05, 0.1) is 39.1 Å². The zero-order valence-corrected chi connectivity index (χ0v) is 31.4. The molecular formula is C54H34N4. The molecule has 0 saturated heterocycles. The van der Waals surface area contributed by atoms with Gasteiger partial charge in [0.1, 0.15) is 0 Å². The van der Waals surface area contributed by atoms with Crippen molar-refractivity contribution in [3.8, 4) is 45.3 Å². The first-order valence-corrected chi connectivity index (χ1v) is 19.7. The van der Waals surface area contributed by atoms with Crippen LogP contribution >= 0.6 is 0 Å². The van der Waals surface area contributed by atoms with Gasteiger partial charge in [0, 0.05) is 49.3 Å². The molecule has 0 atom stereocenters. The largest absolute Gasteiger partial charge is 0.309 e. The number of fused-ring (bicyclic) bond motifs is 9. The van der Waals surface area contributed by atoms with E-state index in [0.717, 1.165) is 55.9 Å². The van der Waals surface area contributed by atoms with Gasteiger partial charge in [0.25, 0.3) is 0 Å². The molecular weight excluding hydrogens is 705 g/mol. The topological polar surface area (TPSA) is 35.6 Å². The van der Waals surface area contributed by atoms with Crippen molar-refractivity contribution >= 4 is 65.2 Å². The smallest absolute Gasteiger partial charge is 0.160 e. The SMILES string of the molecule is c1ccc(-c2cc(-c3cc(-n4c5ccccc5c5c4ccc4c6ccccc6n(-c6ccc7ccccc7c6)c45)c4ccccc4c3)nc(-c3ccccc3)n2)cc1. The first-order valence-electron chi connectivity index (χ1n) is 19.7. The number of benzene rings is 9. The van der Waals surface area contributed by atoms with Crippen LogP contribution in [-0.2, 0) is 0 Å². The summed E-state index contributed by atoms with van der Waals surface area (Å²) in [5.74, 6) is 0.701. The molecule has 0 aliphatic carbocycles. The predicted molar refractivity (Wildman–Crippen MR) is 242 cm³/mol. The Balaban J connectivity index is 1.17. The standard InChI is InChI=1S/C54H34N4/c1-3-16-36(17-4-1)46-34-47(56-54(55-46)37-18-5-2-6-19-37)40-31-39-21-9-10-22-42(39)51(33-40)58-49-26-14-12-24-45(49)52-50(58)30-29-44-43-23-11-13-25-48(43)57(53(44)52)41-28-27-35-15-7-8-20-38(35)32-41/h1-34H. The summed E-state index contributed by atoms with van der Waals surface area (Å²) in [6, 6.07) is 73.9. The lowest BCUT2D eigenvalue weighted by molar-refractivity contribution is 1.17. The summed E-state index contributed by atoms with van der Waals surface area (Å²) < 4.78 is 4.94. The maximum absolute atomic E-state index is 5.26.